The lowest BCUT2D eigenvalue weighted by atomic mass is 10.2. The summed E-state index contributed by atoms with van der Waals surface area (Å²) in [5, 5.41) is 1.13. The number of rotatable bonds is 3. The third kappa shape index (κ3) is 3.60. The van der Waals surface area contributed by atoms with Crippen LogP contribution in [0.2, 0.25) is 10.2 Å². The van der Waals surface area contributed by atoms with Crippen molar-refractivity contribution in [2.75, 3.05) is 0 Å². The Kier molecular flexibility index (Phi) is 5.45. The molecular weight excluding hydrogens is 462 g/mol. The topological polar surface area (TPSA) is 25.8 Å². The summed E-state index contributed by atoms with van der Waals surface area (Å²) in [7, 11) is 0. The second-order valence-electron chi connectivity index (χ2n) is 3.98. The Morgan fingerprint density at radius 1 is 1.26 bits per heavy atom. The normalized spacial score (nSPS) is 10.8. The lowest BCUT2D eigenvalue weighted by Crippen LogP contribution is -2.00. The highest BCUT2D eigenvalue weighted by atomic mass is 127. The molecule has 0 fully saturated rings. The molecule has 2 nitrogen and oxygen atoms in total. The largest absolute Gasteiger partial charge is 0.232 e. The average Bonchev–Trinajstić information content (AvgIpc) is 2.38. The summed E-state index contributed by atoms with van der Waals surface area (Å²) in [5.74, 6) is 0.614. The number of hydrogen-bond acceptors (Lipinski definition) is 2. The molecule has 0 unspecified atom stereocenters. The first-order valence-corrected chi connectivity index (χ1v) is 8.33. The second kappa shape index (κ2) is 6.70. The molecule has 0 radical (unpaired) electrons. The molecule has 0 bridgehead atoms. The highest BCUT2D eigenvalue weighted by Crippen LogP contribution is 2.29. The summed E-state index contributed by atoms with van der Waals surface area (Å²) < 4.78 is 1.77. The molecule has 19 heavy (non-hydrogen) atoms. The molecule has 0 amide bonds. The van der Waals surface area contributed by atoms with Crippen molar-refractivity contribution in [1.29, 1.82) is 0 Å². The van der Waals surface area contributed by atoms with Gasteiger partial charge in [-0.05, 0) is 63.1 Å². The molecular formula is C13H10BrCl2IN2. The maximum atomic E-state index is 6.17. The van der Waals surface area contributed by atoms with E-state index in [1.54, 1.807) is 0 Å². The highest BCUT2D eigenvalue weighted by Gasteiger charge is 2.12. The van der Waals surface area contributed by atoms with Crippen LogP contribution in [0.1, 0.15) is 19.0 Å². The lowest BCUT2D eigenvalue weighted by Gasteiger charge is -2.08. The van der Waals surface area contributed by atoms with Crippen LogP contribution in [0.25, 0.3) is 11.4 Å². The number of halogens is 4. The quantitative estimate of drug-likeness (QED) is 0.419. The zero-order valence-corrected chi connectivity index (χ0v) is 15.3. The minimum Gasteiger partial charge on any atom is -0.232 e. The second-order valence-corrected chi connectivity index (χ2v) is 6.68. The van der Waals surface area contributed by atoms with Gasteiger partial charge in [-0.25, -0.2) is 9.97 Å². The molecule has 0 aliphatic rings. The number of hydrogen-bond donors (Lipinski definition) is 0. The van der Waals surface area contributed by atoms with Crippen LogP contribution in [0.4, 0.5) is 0 Å². The van der Waals surface area contributed by atoms with E-state index in [1.165, 1.54) is 0 Å². The molecule has 0 aliphatic heterocycles. The summed E-state index contributed by atoms with van der Waals surface area (Å²) in [4.78, 5) is 8.92. The number of nitrogens with zero attached hydrogens (tertiary/aromatic N) is 2. The SMILES string of the molecule is CCCc1nc(-c2ccc(Br)c(Cl)c2)nc(Cl)c1I. The fourth-order valence-electron chi connectivity index (χ4n) is 1.63. The summed E-state index contributed by atoms with van der Waals surface area (Å²) in [6.45, 7) is 2.11. The van der Waals surface area contributed by atoms with Gasteiger partial charge in [0.1, 0.15) is 5.15 Å². The highest BCUT2D eigenvalue weighted by molar-refractivity contribution is 14.1. The standard InChI is InChI=1S/C13H10BrCl2IN2/c1-2-3-10-11(17)12(16)19-13(18-10)7-4-5-8(14)9(15)6-7/h4-6H,2-3H2,1H3. The minimum atomic E-state index is 0.494. The zero-order valence-electron chi connectivity index (χ0n) is 10.1. The van der Waals surface area contributed by atoms with Crippen molar-refractivity contribution in [3.63, 3.8) is 0 Å². The number of aromatic nitrogens is 2. The Bertz CT molecular complexity index is 620. The summed E-state index contributed by atoms with van der Waals surface area (Å²) in [6.07, 6.45) is 1.90. The average molecular weight is 472 g/mol. The van der Waals surface area contributed by atoms with Crippen molar-refractivity contribution < 1.29 is 0 Å². The van der Waals surface area contributed by atoms with Crippen LogP contribution in [0.15, 0.2) is 22.7 Å². The number of aryl methyl sites for hydroxylation is 1. The van der Waals surface area contributed by atoms with Gasteiger partial charge in [-0.15, -0.1) is 0 Å². The fraction of sp³-hybridized carbons (Fsp3) is 0.231. The van der Waals surface area contributed by atoms with Crippen molar-refractivity contribution in [3.05, 3.63) is 42.1 Å². The Morgan fingerprint density at radius 3 is 2.63 bits per heavy atom. The molecule has 0 N–H and O–H groups in total. The number of benzene rings is 1. The molecule has 1 heterocycles. The van der Waals surface area contributed by atoms with Gasteiger partial charge in [-0.2, -0.15) is 0 Å². The maximum absolute atomic E-state index is 6.17. The van der Waals surface area contributed by atoms with Gasteiger partial charge in [0.15, 0.2) is 5.82 Å². The summed E-state index contributed by atoms with van der Waals surface area (Å²) in [5.41, 5.74) is 1.85. The van der Waals surface area contributed by atoms with Crippen LogP contribution in [0.3, 0.4) is 0 Å². The maximum Gasteiger partial charge on any atom is 0.161 e. The Labute approximate surface area is 144 Å². The van der Waals surface area contributed by atoms with Gasteiger partial charge >= 0.3 is 0 Å². The monoisotopic (exact) mass is 470 g/mol. The van der Waals surface area contributed by atoms with Crippen LogP contribution >= 0.6 is 61.7 Å². The van der Waals surface area contributed by atoms with Crippen LogP contribution in [-0.4, -0.2) is 9.97 Å². The van der Waals surface area contributed by atoms with Gasteiger partial charge in [0.25, 0.3) is 0 Å². The molecule has 0 saturated carbocycles. The van der Waals surface area contributed by atoms with Gasteiger partial charge < -0.3 is 0 Å². The molecule has 1 aromatic carbocycles. The molecule has 0 saturated heterocycles. The summed E-state index contributed by atoms with van der Waals surface area (Å²) in [6, 6.07) is 5.64. The van der Waals surface area contributed by atoms with Gasteiger partial charge in [0, 0.05) is 10.0 Å². The Morgan fingerprint density at radius 2 is 2.00 bits per heavy atom. The summed E-state index contributed by atoms with van der Waals surface area (Å²) >= 11 is 17.8. The van der Waals surface area contributed by atoms with E-state index in [-0.39, 0.29) is 0 Å². The third-order valence-corrected chi connectivity index (χ3v) is 5.50. The van der Waals surface area contributed by atoms with Crippen LogP contribution in [0, 0.1) is 3.57 Å². The molecule has 0 aliphatic carbocycles. The van der Waals surface area contributed by atoms with Gasteiger partial charge in [0.05, 0.1) is 14.3 Å². The van der Waals surface area contributed by atoms with Crippen LogP contribution in [-0.2, 0) is 6.42 Å². The van der Waals surface area contributed by atoms with E-state index in [9.17, 15) is 0 Å². The predicted molar refractivity (Wildman–Crippen MR) is 91.9 cm³/mol. The van der Waals surface area contributed by atoms with Gasteiger partial charge in [0.2, 0.25) is 0 Å². The smallest absolute Gasteiger partial charge is 0.161 e. The van der Waals surface area contributed by atoms with Crippen molar-refractivity contribution >= 4 is 61.7 Å². The van der Waals surface area contributed by atoms with E-state index >= 15 is 0 Å². The third-order valence-electron chi connectivity index (χ3n) is 2.54. The van der Waals surface area contributed by atoms with E-state index in [4.69, 9.17) is 23.2 Å². The van der Waals surface area contributed by atoms with E-state index < -0.39 is 0 Å². The van der Waals surface area contributed by atoms with Gasteiger partial charge in [-0.3, -0.25) is 0 Å². The molecule has 2 aromatic rings. The molecule has 0 atom stereocenters. The van der Waals surface area contributed by atoms with E-state index in [1.807, 2.05) is 18.2 Å². The van der Waals surface area contributed by atoms with Crippen molar-refractivity contribution in [1.82, 2.24) is 9.97 Å². The zero-order chi connectivity index (χ0) is 14.0. The lowest BCUT2D eigenvalue weighted by molar-refractivity contribution is 0.867. The molecule has 0 spiro atoms. The predicted octanol–water partition coefficient (Wildman–Crippen LogP) is 5.77. The molecule has 6 heteroatoms. The first-order chi connectivity index (χ1) is 9.02. The van der Waals surface area contributed by atoms with E-state index in [0.29, 0.717) is 16.0 Å². The van der Waals surface area contributed by atoms with Crippen LogP contribution < -0.4 is 0 Å². The minimum absolute atomic E-state index is 0.494. The van der Waals surface area contributed by atoms with Crippen molar-refractivity contribution in [3.8, 4) is 11.4 Å². The molecule has 2 rings (SSSR count). The van der Waals surface area contributed by atoms with E-state index in [2.05, 4.69) is 55.4 Å². The Balaban J connectivity index is 2.52. The van der Waals surface area contributed by atoms with E-state index in [0.717, 1.165) is 32.1 Å². The first-order valence-electron chi connectivity index (χ1n) is 5.70. The molecule has 1 aromatic heterocycles. The first kappa shape index (κ1) is 15.5. The fourth-order valence-corrected chi connectivity index (χ4v) is 2.76. The van der Waals surface area contributed by atoms with Crippen molar-refractivity contribution in [2.24, 2.45) is 0 Å². The van der Waals surface area contributed by atoms with Crippen LogP contribution in [0.5, 0.6) is 0 Å². The van der Waals surface area contributed by atoms with Gasteiger partial charge in [-0.1, -0.05) is 36.5 Å². The molecule has 100 valence electrons. The Hall–Kier alpha value is 0.0900. The van der Waals surface area contributed by atoms with Crippen molar-refractivity contribution in [2.45, 2.75) is 19.8 Å².